The summed E-state index contributed by atoms with van der Waals surface area (Å²) in [6.45, 7) is 12.6. The zero-order valence-electron chi connectivity index (χ0n) is 34.7. The molecule has 6 aromatic rings. The van der Waals surface area contributed by atoms with Gasteiger partial charge in [0.05, 0.1) is 23.8 Å². The van der Waals surface area contributed by atoms with E-state index >= 15 is 0 Å². The number of benzene rings is 4. The monoisotopic (exact) mass is 846 g/mol. The molecule has 2 fully saturated rings. The van der Waals surface area contributed by atoms with Gasteiger partial charge >= 0.3 is 12.2 Å². The van der Waals surface area contributed by atoms with Crippen molar-refractivity contribution in [3.05, 3.63) is 168 Å². The maximum Gasteiger partial charge on any atom is 0.405 e. The van der Waals surface area contributed by atoms with Crippen LogP contribution in [0.5, 0.6) is 11.5 Å². The maximum absolute atomic E-state index is 14.3. The Morgan fingerprint density at radius 3 is 1.76 bits per heavy atom. The Labute approximate surface area is 363 Å². The number of carbonyl (C=O) groups excluding carboxylic acids is 2. The van der Waals surface area contributed by atoms with Crippen molar-refractivity contribution in [3.8, 4) is 34.0 Å². The third kappa shape index (κ3) is 8.40. The SMILES string of the molecule is C=C1CCN(C(=O)C(NC(=O)O)c2ccccc2)C1c1ncc(-c2ccc(Oc3ccc(-c4cnc([C@@H]5C(=C)CCN5C(=O)[C@](C)(NC(=O)O)c5ccccc5C)[nH]4)cc3)cc2)[nH]1. The van der Waals surface area contributed by atoms with Gasteiger partial charge in [0, 0.05) is 13.1 Å². The molecule has 15 nitrogen and oxygen atoms in total. The molecule has 320 valence electrons. The Morgan fingerprint density at radius 1 is 0.730 bits per heavy atom. The minimum atomic E-state index is -1.54. The molecule has 8 rings (SSSR count). The van der Waals surface area contributed by atoms with Gasteiger partial charge in [-0.2, -0.15) is 0 Å². The molecule has 2 aliphatic heterocycles. The summed E-state index contributed by atoms with van der Waals surface area (Å²) >= 11 is 0. The van der Waals surface area contributed by atoms with E-state index in [1.165, 1.54) is 0 Å². The fraction of sp³-hybridized carbons (Fsp3) is 0.208. The molecule has 2 aliphatic rings. The fourth-order valence-electron chi connectivity index (χ4n) is 8.52. The molecule has 0 bridgehead atoms. The number of nitrogens with zero attached hydrogens (tertiary/aromatic N) is 4. The zero-order valence-corrected chi connectivity index (χ0v) is 34.7. The second-order valence-corrected chi connectivity index (χ2v) is 15.8. The Balaban J connectivity index is 0.931. The summed E-state index contributed by atoms with van der Waals surface area (Å²) in [5.74, 6) is 1.48. The lowest BCUT2D eigenvalue weighted by Crippen LogP contribution is -2.55. The van der Waals surface area contributed by atoms with Crippen LogP contribution in [0.2, 0.25) is 0 Å². The van der Waals surface area contributed by atoms with Crippen LogP contribution in [0.4, 0.5) is 9.59 Å². The van der Waals surface area contributed by atoms with Crippen LogP contribution in [0.3, 0.4) is 0 Å². The van der Waals surface area contributed by atoms with E-state index in [-0.39, 0.29) is 5.91 Å². The summed E-state index contributed by atoms with van der Waals surface area (Å²) in [6.07, 6.45) is 1.89. The second kappa shape index (κ2) is 17.2. The number of nitrogens with one attached hydrogen (secondary N) is 4. The number of aromatic nitrogens is 4. The first-order chi connectivity index (χ1) is 30.3. The number of imidazole rings is 2. The fourth-order valence-corrected chi connectivity index (χ4v) is 8.52. The molecule has 4 amide bonds. The average molecular weight is 847 g/mol. The number of rotatable bonds is 12. The van der Waals surface area contributed by atoms with Crippen LogP contribution in [-0.4, -0.2) is 77.0 Å². The van der Waals surface area contributed by atoms with Crippen LogP contribution in [0.1, 0.15) is 66.2 Å². The summed E-state index contributed by atoms with van der Waals surface area (Å²) in [7, 11) is 0. The largest absolute Gasteiger partial charge is 0.465 e. The zero-order chi connectivity index (χ0) is 44.4. The molecule has 0 aliphatic carbocycles. The second-order valence-electron chi connectivity index (χ2n) is 15.8. The van der Waals surface area contributed by atoms with Crippen molar-refractivity contribution in [2.45, 2.75) is 50.4 Å². The van der Waals surface area contributed by atoms with Crippen molar-refractivity contribution in [2.24, 2.45) is 0 Å². The van der Waals surface area contributed by atoms with Crippen molar-refractivity contribution in [2.75, 3.05) is 13.1 Å². The minimum Gasteiger partial charge on any atom is -0.465 e. The number of aryl methyl sites for hydroxylation is 1. The van der Waals surface area contributed by atoms with E-state index in [1.807, 2.05) is 67.6 Å². The van der Waals surface area contributed by atoms with E-state index in [0.717, 1.165) is 39.2 Å². The Bertz CT molecular complexity index is 2710. The van der Waals surface area contributed by atoms with Gasteiger partial charge in [-0.15, -0.1) is 0 Å². The van der Waals surface area contributed by atoms with Crippen LogP contribution < -0.4 is 15.4 Å². The summed E-state index contributed by atoms with van der Waals surface area (Å²) in [4.78, 5) is 71.0. The summed E-state index contributed by atoms with van der Waals surface area (Å²) in [5.41, 5.74) is 5.06. The standard InChI is InChI=1S/C48H46N8O7/c1-28-10-8-9-13-36(28)48(4,54-47(61)62)45(58)56-25-23-30(3)41(56)43-50-27-38(52-43)32-16-20-35(21-17-32)63-34-18-14-31(15-19-34)37-26-49-42(51-37)40-29(2)22-24-55(40)44(57)39(53-46(59)60)33-11-6-5-7-12-33/h5-21,26-27,39-41,53-54H,2-3,22-25H2,1,4H3,(H,49,51)(H,50,52)(H,59,60)(H,61,62)/t39?,40?,41-,48+/m0/s1. The van der Waals surface area contributed by atoms with Gasteiger partial charge in [0.25, 0.3) is 11.8 Å². The van der Waals surface area contributed by atoms with Crippen molar-refractivity contribution in [3.63, 3.8) is 0 Å². The molecule has 6 N–H and O–H groups in total. The Hall–Kier alpha value is -7.94. The van der Waals surface area contributed by atoms with Crippen LogP contribution in [0, 0.1) is 6.92 Å². The number of ether oxygens (including phenoxy) is 1. The van der Waals surface area contributed by atoms with E-state index in [9.17, 15) is 29.4 Å². The number of hydrogen-bond donors (Lipinski definition) is 6. The Kier molecular flexibility index (Phi) is 11.4. The van der Waals surface area contributed by atoms with Crippen LogP contribution in [0.15, 0.2) is 140 Å². The predicted octanol–water partition coefficient (Wildman–Crippen LogP) is 8.42. The van der Waals surface area contributed by atoms with E-state index in [1.54, 1.807) is 71.6 Å². The molecule has 0 saturated carbocycles. The highest BCUT2D eigenvalue weighted by molar-refractivity contribution is 5.92. The van der Waals surface area contributed by atoms with Gasteiger partial charge < -0.3 is 45.4 Å². The molecule has 0 spiro atoms. The minimum absolute atomic E-state index is 0.361. The molecule has 0 radical (unpaired) electrons. The Morgan fingerprint density at radius 2 is 1.24 bits per heavy atom. The molecule has 2 saturated heterocycles. The molecular weight excluding hydrogens is 801 g/mol. The normalized spacial score (nSPS) is 17.6. The molecule has 2 unspecified atom stereocenters. The van der Waals surface area contributed by atoms with Crippen molar-refractivity contribution in [1.82, 2.24) is 40.4 Å². The molecular formula is C48H46N8O7. The first-order valence-electron chi connectivity index (χ1n) is 20.4. The molecule has 63 heavy (non-hydrogen) atoms. The topological polar surface area (TPSA) is 206 Å². The average Bonchev–Trinajstić information content (AvgIpc) is 4.10. The van der Waals surface area contributed by atoms with Gasteiger partial charge in [0.15, 0.2) is 0 Å². The van der Waals surface area contributed by atoms with E-state index in [0.29, 0.717) is 60.2 Å². The highest BCUT2D eigenvalue weighted by Crippen LogP contribution is 2.40. The quantitative estimate of drug-likeness (QED) is 0.0653. The third-order valence-corrected chi connectivity index (χ3v) is 11.7. The molecule has 15 heteroatoms. The summed E-state index contributed by atoms with van der Waals surface area (Å²) < 4.78 is 6.17. The van der Waals surface area contributed by atoms with Crippen molar-refractivity contribution in [1.29, 1.82) is 0 Å². The third-order valence-electron chi connectivity index (χ3n) is 11.7. The lowest BCUT2D eigenvalue weighted by molar-refractivity contribution is -0.138. The number of amides is 4. The molecule has 2 aromatic heterocycles. The van der Waals surface area contributed by atoms with Gasteiger partial charge in [0.1, 0.15) is 46.8 Å². The number of aromatic amines is 2. The number of carboxylic acid groups (broad SMARTS) is 2. The first kappa shape index (κ1) is 41.8. The van der Waals surface area contributed by atoms with E-state index in [4.69, 9.17) is 4.74 Å². The summed E-state index contributed by atoms with van der Waals surface area (Å²) in [6, 6.07) is 28.7. The van der Waals surface area contributed by atoms with Crippen molar-refractivity contribution >= 4 is 24.0 Å². The lowest BCUT2D eigenvalue weighted by Gasteiger charge is -2.36. The summed E-state index contributed by atoms with van der Waals surface area (Å²) in [5, 5.41) is 24.2. The first-order valence-corrected chi connectivity index (χ1v) is 20.4. The van der Waals surface area contributed by atoms with Crippen molar-refractivity contribution < 1.29 is 34.1 Å². The van der Waals surface area contributed by atoms with Crippen LogP contribution in [0.25, 0.3) is 22.5 Å². The van der Waals surface area contributed by atoms with Gasteiger partial charge in [0.2, 0.25) is 0 Å². The maximum atomic E-state index is 14.3. The molecule has 4 aromatic carbocycles. The van der Waals surface area contributed by atoms with E-state index < -0.39 is 41.8 Å². The number of carbonyl (C=O) groups is 4. The van der Waals surface area contributed by atoms with Gasteiger partial charge in [-0.1, -0.05) is 67.8 Å². The van der Waals surface area contributed by atoms with Crippen LogP contribution >= 0.6 is 0 Å². The number of likely N-dealkylation sites (tertiary alicyclic amines) is 2. The van der Waals surface area contributed by atoms with Gasteiger partial charge in [-0.3, -0.25) is 9.59 Å². The highest BCUT2D eigenvalue weighted by Gasteiger charge is 2.46. The van der Waals surface area contributed by atoms with Crippen LogP contribution in [-0.2, 0) is 15.1 Å². The molecule has 4 heterocycles. The smallest absolute Gasteiger partial charge is 0.405 e. The number of H-pyrrole nitrogens is 2. The van der Waals surface area contributed by atoms with Gasteiger partial charge in [-0.25, -0.2) is 19.6 Å². The molecule has 4 atom stereocenters. The predicted molar refractivity (Wildman–Crippen MR) is 235 cm³/mol. The van der Waals surface area contributed by atoms with Gasteiger partial charge in [-0.05, 0) is 114 Å². The van der Waals surface area contributed by atoms with E-state index in [2.05, 4.69) is 43.7 Å². The number of hydrogen-bond acceptors (Lipinski definition) is 7. The highest BCUT2D eigenvalue weighted by atomic mass is 16.5. The lowest BCUT2D eigenvalue weighted by atomic mass is 9.87.